The summed E-state index contributed by atoms with van der Waals surface area (Å²) in [5, 5.41) is 7.13. The summed E-state index contributed by atoms with van der Waals surface area (Å²) in [6.07, 6.45) is 2.80. The van der Waals surface area contributed by atoms with Gasteiger partial charge in [0, 0.05) is 26.2 Å². The van der Waals surface area contributed by atoms with Crippen LogP contribution in [0.1, 0.15) is 13.3 Å². The molecule has 0 unspecified atom stereocenters. The minimum atomic E-state index is -0.0456. The minimum Gasteiger partial charge on any atom is -0.373 e. The number of rotatable bonds is 6. The lowest BCUT2D eigenvalue weighted by Crippen LogP contribution is -2.29. The summed E-state index contributed by atoms with van der Waals surface area (Å²) in [6, 6.07) is 1.64. The maximum atomic E-state index is 11.7. The molecule has 1 aromatic heterocycles. The third-order valence-corrected chi connectivity index (χ3v) is 2.43. The number of aromatic nitrogens is 2. The molecule has 0 aromatic carbocycles. The monoisotopic (exact) mass is 224 g/mol. The minimum absolute atomic E-state index is 0.0456. The van der Waals surface area contributed by atoms with E-state index in [9.17, 15) is 4.79 Å². The van der Waals surface area contributed by atoms with E-state index in [1.54, 1.807) is 12.3 Å². The Hall–Kier alpha value is -1.36. The lowest BCUT2D eigenvalue weighted by atomic mass is 10.3. The van der Waals surface area contributed by atoms with Gasteiger partial charge in [0.1, 0.15) is 0 Å². The van der Waals surface area contributed by atoms with Crippen molar-refractivity contribution in [1.29, 1.82) is 0 Å². The molecule has 1 rings (SSSR count). The first kappa shape index (κ1) is 12.7. The van der Waals surface area contributed by atoms with Crippen LogP contribution in [0.5, 0.6) is 0 Å². The first-order chi connectivity index (χ1) is 7.69. The fourth-order valence-electron chi connectivity index (χ4n) is 1.48. The molecule has 1 aromatic rings. The van der Waals surface area contributed by atoms with Crippen molar-refractivity contribution in [3.05, 3.63) is 22.6 Å². The Bertz CT molecular complexity index is 374. The highest BCUT2D eigenvalue weighted by molar-refractivity contribution is 5.41. The molecular weight excluding hydrogens is 204 g/mol. The second-order valence-corrected chi connectivity index (χ2v) is 3.80. The van der Waals surface area contributed by atoms with Crippen LogP contribution >= 0.6 is 0 Å². The normalized spacial score (nSPS) is 10.4. The fourth-order valence-corrected chi connectivity index (χ4v) is 1.48. The molecule has 1 N–H and O–H groups in total. The third kappa shape index (κ3) is 3.34. The van der Waals surface area contributed by atoms with Crippen molar-refractivity contribution in [3.63, 3.8) is 0 Å². The standard InChI is InChI=1S/C11H20N4O/c1-4-6-14(3)10-8-11(16)15(13-9-10)7-5-12-2/h8-9,12H,4-7H2,1-3H3. The SMILES string of the molecule is CCCN(C)c1cnn(CCNC)c(=O)c1. The summed E-state index contributed by atoms with van der Waals surface area (Å²) in [5.41, 5.74) is 0.836. The summed E-state index contributed by atoms with van der Waals surface area (Å²) in [5.74, 6) is 0. The molecule has 0 fully saturated rings. The van der Waals surface area contributed by atoms with Gasteiger partial charge in [0.2, 0.25) is 0 Å². The predicted octanol–water partition coefficient (Wildman–Crippen LogP) is 0.309. The molecule has 0 saturated carbocycles. The molecule has 5 nitrogen and oxygen atoms in total. The van der Waals surface area contributed by atoms with Crippen molar-refractivity contribution < 1.29 is 0 Å². The Balaban J connectivity index is 2.78. The highest BCUT2D eigenvalue weighted by atomic mass is 16.1. The first-order valence-corrected chi connectivity index (χ1v) is 5.62. The molecular formula is C11H20N4O. The highest BCUT2D eigenvalue weighted by Crippen LogP contribution is 2.06. The van der Waals surface area contributed by atoms with Crippen LogP contribution in [-0.2, 0) is 6.54 Å². The van der Waals surface area contributed by atoms with E-state index in [2.05, 4.69) is 17.3 Å². The van der Waals surface area contributed by atoms with Crippen LogP contribution < -0.4 is 15.8 Å². The Labute approximate surface area is 96.1 Å². The molecule has 0 bridgehead atoms. The van der Waals surface area contributed by atoms with Crippen LogP contribution in [0.3, 0.4) is 0 Å². The second kappa shape index (κ2) is 6.27. The molecule has 0 atom stereocenters. The van der Waals surface area contributed by atoms with Crippen molar-refractivity contribution in [2.45, 2.75) is 19.9 Å². The summed E-state index contributed by atoms with van der Waals surface area (Å²) in [7, 11) is 3.83. The van der Waals surface area contributed by atoms with Crippen LogP contribution in [0.15, 0.2) is 17.1 Å². The van der Waals surface area contributed by atoms with Crippen molar-refractivity contribution in [3.8, 4) is 0 Å². The van der Waals surface area contributed by atoms with Gasteiger partial charge in [-0.1, -0.05) is 6.92 Å². The molecule has 0 aliphatic carbocycles. The van der Waals surface area contributed by atoms with E-state index in [0.717, 1.165) is 25.2 Å². The van der Waals surface area contributed by atoms with Crippen molar-refractivity contribution in [1.82, 2.24) is 15.1 Å². The van der Waals surface area contributed by atoms with Gasteiger partial charge in [-0.15, -0.1) is 0 Å². The van der Waals surface area contributed by atoms with E-state index in [4.69, 9.17) is 0 Å². The smallest absolute Gasteiger partial charge is 0.268 e. The van der Waals surface area contributed by atoms with Crippen LogP contribution in [0.2, 0.25) is 0 Å². The molecule has 0 saturated heterocycles. The summed E-state index contributed by atoms with van der Waals surface area (Å²) in [6.45, 7) is 4.39. The molecule has 90 valence electrons. The quantitative estimate of drug-likeness (QED) is 0.755. The molecule has 0 aliphatic rings. The Morgan fingerprint density at radius 2 is 2.31 bits per heavy atom. The zero-order valence-corrected chi connectivity index (χ0v) is 10.2. The fraction of sp³-hybridized carbons (Fsp3) is 0.636. The Morgan fingerprint density at radius 3 is 2.88 bits per heavy atom. The molecule has 0 amide bonds. The van der Waals surface area contributed by atoms with Gasteiger partial charge in [-0.25, -0.2) is 4.68 Å². The number of nitrogens with one attached hydrogen (secondary N) is 1. The predicted molar refractivity (Wildman–Crippen MR) is 66.0 cm³/mol. The second-order valence-electron chi connectivity index (χ2n) is 3.80. The van der Waals surface area contributed by atoms with E-state index in [1.165, 1.54) is 4.68 Å². The van der Waals surface area contributed by atoms with Crippen molar-refractivity contribution in [2.75, 3.05) is 32.1 Å². The maximum absolute atomic E-state index is 11.7. The topological polar surface area (TPSA) is 50.2 Å². The number of hydrogen-bond acceptors (Lipinski definition) is 4. The summed E-state index contributed by atoms with van der Waals surface area (Å²) in [4.78, 5) is 13.7. The first-order valence-electron chi connectivity index (χ1n) is 5.62. The maximum Gasteiger partial charge on any atom is 0.268 e. The highest BCUT2D eigenvalue weighted by Gasteiger charge is 2.03. The van der Waals surface area contributed by atoms with Crippen LogP contribution in [0, 0.1) is 0 Å². The molecule has 0 radical (unpaired) electrons. The largest absolute Gasteiger partial charge is 0.373 e. The zero-order valence-electron chi connectivity index (χ0n) is 10.2. The zero-order chi connectivity index (χ0) is 12.0. The third-order valence-electron chi connectivity index (χ3n) is 2.43. The molecule has 0 aliphatic heterocycles. The van der Waals surface area contributed by atoms with Gasteiger partial charge in [0.05, 0.1) is 18.4 Å². The summed E-state index contributed by atoms with van der Waals surface area (Å²) >= 11 is 0. The van der Waals surface area contributed by atoms with Gasteiger partial charge in [0.15, 0.2) is 0 Å². The Morgan fingerprint density at radius 1 is 1.56 bits per heavy atom. The van der Waals surface area contributed by atoms with E-state index in [-0.39, 0.29) is 5.56 Å². The van der Waals surface area contributed by atoms with E-state index in [0.29, 0.717) is 6.54 Å². The van der Waals surface area contributed by atoms with Crippen LogP contribution in [0.25, 0.3) is 0 Å². The molecule has 16 heavy (non-hydrogen) atoms. The van der Waals surface area contributed by atoms with Crippen molar-refractivity contribution in [2.24, 2.45) is 0 Å². The van der Waals surface area contributed by atoms with E-state index in [1.807, 2.05) is 19.0 Å². The van der Waals surface area contributed by atoms with E-state index < -0.39 is 0 Å². The average molecular weight is 224 g/mol. The Kier molecular flexibility index (Phi) is 4.98. The van der Waals surface area contributed by atoms with E-state index >= 15 is 0 Å². The number of hydrogen-bond donors (Lipinski definition) is 1. The molecule has 5 heteroatoms. The molecule has 0 spiro atoms. The van der Waals surface area contributed by atoms with Gasteiger partial charge in [-0.3, -0.25) is 4.79 Å². The van der Waals surface area contributed by atoms with Gasteiger partial charge in [0.25, 0.3) is 5.56 Å². The van der Waals surface area contributed by atoms with Crippen LogP contribution in [0.4, 0.5) is 5.69 Å². The van der Waals surface area contributed by atoms with Gasteiger partial charge in [-0.2, -0.15) is 5.10 Å². The van der Waals surface area contributed by atoms with Gasteiger partial charge >= 0.3 is 0 Å². The summed E-state index contributed by atoms with van der Waals surface area (Å²) < 4.78 is 1.47. The average Bonchev–Trinajstić information content (AvgIpc) is 2.27. The van der Waals surface area contributed by atoms with Crippen molar-refractivity contribution >= 4 is 5.69 Å². The number of nitrogens with zero attached hydrogens (tertiary/aromatic N) is 3. The van der Waals surface area contributed by atoms with Gasteiger partial charge < -0.3 is 10.2 Å². The molecule has 1 heterocycles. The lowest BCUT2D eigenvalue weighted by molar-refractivity contribution is 0.554. The van der Waals surface area contributed by atoms with Gasteiger partial charge in [-0.05, 0) is 13.5 Å². The lowest BCUT2D eigenvalue weighted by Gasteiger charge is -2.17. The number of likely N-dealkylation sites (N-methyl/N-ethyl adjacent to an activating group) is 1. The number of anilines is 1. The van der Waals surface area contributed by atoms with Crippen LogP contribution in [-0.4, -0.2) is 37.0 Å².